The van der Waals surface area contributed by atoms with Crippen LogP contribution in [0.3, 0.4) is 0 Å². The van der Waals surface area contributed by atoms with Crippen LogP contribution in [0.1, 0.15) is 96.5 Å². The van der Waals surface area contributed by atoms with Crippen LogP contribution in [0.2, 0.25) is 0 Å². The van der Waals surface area contributed by atoms with Gasteiger partial charge in [-0.3, -0.25) is 9.78 Å². The van der Waals surface area contributed by atoms with Crippen molar-refractivity contribution in [2.45, 2.75) is 71.8 Å². The molecular formula is C22H32N2O4. The maximum atomic E-state index is 13.1. The Balaban J connectivity index is 2.19. The predicted molar refractivity (Wildman–Crippen MR) is 107 cm³/mol. The molecule has 3 rings (SSSR count). The Morgan fingerprint density at radius 3 is 2.61 bits per heavy atom. The van der Waals surface area contributed by atoms with Crippen LogP contribution in [-0.4, -0.2) is 36.5 Å². The van der Waals surface area contributed by atoms with E-state index < -0.39 is 5.97 Å². The van der Waals surface area contributed by atoms with Gasteiger partial charge in [0.1, 0.15) is 0 Å². The fourth-order valence-corrected chi connectivity index (χ4v) is 4.60. The Labute approximate surface area is 167 Å². The number of ketones is 1. The lowest BCUT2D eigenvalue weighted by Gasteiger charge is -2.33. The molecule has 1 fully saturated rings. The number of fused-ring (bicyclic) bond motifs is 1. The van der Waals surface area contributed by atoms with Gasteiger partial charge < -0.3 is 15.2 Å². The van der Waals surface area contributed by atoms with Gasteiger partial charge in [-0.2, -0.15) is 0 Å². The second-order valence-electron chi connectivity index (χ2n) is 8.65. The second-order valence-corrected chi connectivity index (χ2v) is 8.65. The Bertz CT molecular complexity index is 751. The molecule has 1 heterocycles. The number of pyridine rings is 1. The summed E-state index contributed by atoms with van der Waals surface area (Å²) < 4.78 is 11.0. The minimum absolute atomic E-state index is 0.0978. The van der Waals surface area contributed by atoms with E-state index in [9.17, 15) is 9.59 Å². The molecule has 0 bridgehead atoms. The van der Waals surface area contributed by atoms with Crippen LogP contribution in [0.5, 0.6) is 0 Å². The van der Waals surface area contributed by atoms with Crippen molar-refractivity contribution in [3.05, 3.63) is 28.1 Å². The second kappa shape index (κ2) is 8.70. The molecule has 0 amide bonds. The highest BCUT2D eigenvalue weighted by Gasteiger charge is 2.39. The molecular weight excluding hydrogens is 356 g/mol. The predicted octanol–water partition coefficient (Wildman–Crippen LogP) is 3.55. The van der Waals surface area contributed by atoms with Gasteiger partial charge in [0.05, 0.1) is 36.8 Å². The number of aromatic nitrogens is 1. The highest BCUT2D eigenvalue weighted by Crippen LogP contribution is 2.44. The van der Waals surface area contributed by atoms with E-state index in [2.05, 4.69) is 13.8 Å². The maximum Gasteiger partial charge on any atom is 0.340 e. The van der Waals surface area contributed by atoms with Crippen LogP contribution in [0, 0.1) is 5.41 Å². The maximum absolute atomic E-state index is 13.1. The lowest BCUT2D eigenvalue weighted by atomic mass is 9.72. The number of Topliss-reactive ketones (excluding diaryl/α,β-unsaturated/α-hetero) is 1. The Kier molecular flexibility index (Phi) is 6.50. The summed E-state index contributed by atoms with van der Waals surface area (Å²) in [4.78, 5) is 30.9. The van der Waals surface area contributed by atoms with Gasteiger partial charge in [0.2, 0.25) is 0 Å². The molecule has 0 unspecified atom stereocenters. The minimum atomic E-state index is -0.399. The Hall–Kier alpha value is -1.79. The lowest BCUT2D eigenvalue weighted by molar-refractivity contribution is 0.0515. The molecule has 0 radical (unpaired) electrons. The van der Waals surface area contributed by atoms with Crippen molar-refractivity contribution in [1.82, 2.24) is 4.98 Å². The van der Waals surface area contributed by atoms with Crippen LogP contribution in [0.15, 0.2) is 0 Å². The minimum Gasteiger partial charge on any atom is -0.462 e. The van der Waals surface area contributed by atoms with Crippen molar-refractivity contribution in [3.63, 3.8) is 0 Å². The third-order valence-corrected chi connectivity index (χ3v) is 5.69. The normalized spacial score (nSPS) is 18.9. The summed E-state index contributed by atoms with van der Waals surface area (Å²) in [6.45, 7) is 7.25. The lowest BCUT2D eigenvalue weighted by Crippen LogP contribution is -2.32. The molecule has 1 aromatic rings. The van der Waals surface area contributed by atoms with Gasteiger partial charge in [-0.05, 0) is 43.1 Å². The summed E-state index contributed by atoms with van der Waals surface area (Å²) in [6, 6.07) is 0. The van der Waals surface area contributed by atoms with Crippen LogP contribution < -0.4 is 5.73 Å². The molecule has 2 N–H and O–H groups in total. The fraction of sp³-hybridized carbons (Fsp3) is 0.682. The zero-order chi connectivity index (χ0) is 20.3. The van der Waals surface area contributed by atoms with Gasteiger partial charge in [0.25, 0.3) is 0 Å². The molecule has 1 aromatic heterocycles. The summed E-state index contributed by atoms with van der Waals surface area (Å²) in [5.41, 5.74) is 8.81. The average Bonchev–Trinajstić information content (AvgIpc) is 3.14. The average molecular weight is 389 g/mol. The van der Waals surface area contributed by atoms with E-state index >= 15 is 0 Å². The zero-order valence-corrected chi connectivity index (χ0v) is 17.3. The number of carbonyl (C=O) groups is 2. The SMILES string of the molecule is CCOC(=O)c1c(COCCN)nc2c(c1C1CCCC1)C(=O)CC(C)(C)C2. The van der Waals surface area contributed by atoms with Gasteiger partial charge in [0.15, 0.2) is 5.78 Å². The zero-order valence-electron chi connectivity index (χ0n) is 17.3. The van der Waals surface area contributed by atoms with E-state index in [1.807, 2.05) is 0 Å². The first-order valence-electron chi connectivity index (χ1n) is 10.4. The Morgan fingerprint density at radius 1 is 1.25 bits per heavy atom. The third-order valence-electron chi connectivity index (χ3n) is 5.69. The van der Waals surface area contributed by atoms with Crippen molar-refractivity contribution < 1.29 is 19.1 Å². The largest absolute Gasteiger partial charge is 0.462 e. The van der Waals surface area contributed by atoms with E-state index in [0.717, 1.165) is 43.4 Å². The molecule has 28 heavy (non-hydrogen) atoms. The summed E-state index contributed by atoms with van der Waals surface area (Å²) in [5, 5.41) is 0. The number of esters is 1. The van der Waals surface area contributed by atoms with Gasteiger partial charge in [-0.1, -0.05) is 26.7 Å². The molecule has 0 spiro atoms. The summed E-state index contributed by atoms with van der Waals surface area (Å²) in [6.07, 6.45) is 5.41. The molecule has 6 nitrogen and oxygen atoms in total. The van der Waals surface area contributed by atoms with E-state index in [1.54, 1.807) is 6.92 Å². The van der Waals surface area contributed by atoms with Crippen molar-refractivity contribution in [2.24, 2.45) is 11.1 Å². The first-order valence-corrected chi connectivity index (χ1v) is 10.4. The van der Waals surface area contributed by atoms with Gasteiger partial charge in [-0.25, -0.2) is 4.79 Å². The number of rotatable bonds is 7. The standard InChI is InChI=1S/C22H32N2O4/c1-4-28-21(26)20-16(13-27-10-9-23)24-15-11-22(2,3)12-17(25)19(15)18(20)14-7-5-6-8-14/h14H,4-13,23H2,1-3H3. The fourth-order valence-electron chi connectivity index (χ4n) is 4.60. The number of hydrogen-bond donors (Lipinski definition) is 1. The highest BCUT2D eigenvalue weighted by molar-refractivity contribution is 6.04. The molecule has 0 aromatic carbocycles. The summed E-state index contributed by atoms with van der Waals surface area (Å²) in [7, 11) is 0. The monoisotopic (exact) mass is 388 g/mol. The summed E-state index contributed by atoms with van der Waals surface area (Å²) >= 11 is 0. The molecule has 2 aliphatic carbocycles. The summed E-state index contributed by atoms with van der Waals surface area (Å²) in [5.74, 6) is -0.0983. The van der Waals surface area contributed by atoms with E-state index in [0.29, 0.717) is 36.4 Å². The van der Waals surface area contributed by atoms with E-state index in [4.69, 9.17) is 20.2 Å². The van der Waals surface area contributed by atoms with Crippen molar-refractivity contribution in [2.75, 3.05) is 19.8 Å². The van der Waals surface area contributed by atoms with Crippen molar-refractivity contribution in [3.8, 4) is 0 Å². The van der Waals surface area contributed by atoms with Crippen LogP contribution in [0.25, 0.3) is 0 Å². The molecule has 0 saturated heterocycles. The number of nitrogens with zero attached hydrogens (tertiary/aromatic N) is 1. The van der Waals surface area contributed by atoms with Crippen LogP contribution in [-0.2, 0) is 22.5 Å². The molecule has 0 atom stereocenters. The molecule has 154 valence electrons. The number of hydrogen-bond acceptors (Lipinski definition) is 6. The van der Waals surface area contributed by atoms with Crippen LogP contribution >= 0.6 is 0 Å². The van der Waals surface area contributed by atoms with Crippen LogP contribution in [0.4, 0.5) is 0 Å². The Morgan fingerprint density at radius 2 is 1.96 bits per heavy atom. The van der Waals surface area contributed by atoms with Gasteiger partial charge >= 0.3 is 5.97 Å². The molecule has 0 aliphatic heterocycles. The van der Waals surface area contributed by atoms with Gasteiger partial charge in [-0.15, -0.1) is 0 Å². The number of ether oxygens (including phenoxy) is 2. The first-order chi connectivity index (χ1) is 13.4. The third kappa shape index (κ3) is 4.28. The highest BCUT2D eigenvalue weighted by atomic mass is 16.5. The van der Waals surface area contributed by atoms with Gasteiger partial charge in [0, 0.05) is 18.5 Å². The smallest absolute Gasteiger partial charge is 0.340 e. The van der Waals surface area contributed by atoms with E-state index in [1.165, 1.54) is 0 Å². The first kappa shape index (κ1) is 20.9. The number of nitrogens with two attached hydrogens (primary N) is 1. The quantitative estimate of drug-likeness (QED) is 0.567. The molecule has 1 saturated carbocycles. The molecule has 6 heteroatoms. The molecule has 2 aliphatic rings. The van der Waals surface area contributed by atoms with Crippen molar-refractivity contribution >= 4 is 11.8 Å². The van der Waals surface area contributed by atoms with E-state index in [-0.39, 0.29) is 30.3 Å². The number of carbonyl (C=O) groups excluding carboxylic acids is 2. The topological polar surface area (TPSA) is 91.5 Å². The van der Waals surface area contributed by atoms with Crippen molar-refractivity contribution in [1.29, 1.82) is 0 Å².